The van der Waals surface area contributed by atoms with Crippen molar-refractivity contribution in [3.63, 3.8) is 0 Å². The molecule has 0 aliphatic rings. The van der Waals surface area contributed by atoms with Crippen molar-refractivity contribution in [1.29, 1.82) is 0 Å². The molecule has 0 aliphatic carbocycles. The first-order valence-corrected chi connectivity index (χ1v) is 19.8. The Morgan fingerprint density at radius 3 is 1.76 bits per heavy atom. The van der Waals surface area contributed by atoms with Crippen LogP contribution in [-0.2, 0) is 0 Å². The van der Waals surface area contributed by atoms with E-state index in [0.717, 1.165) is 71.9 Å². The maximum absolute atomic E-state index is 6.61. The highest BCUT2D eigenvalue weighted by Crippen LogP contribution is 2.46. The van der Waals surface area contributed by atoms with Gasteiger partial charge in [0, 0.05) is 54.5 Å². The molecule has 0 saturated carbocycles. The van der Waals surface area contributed by atoms with Gasteiger partial charge in [0.15, 0.2) is 0 Å². The highest BCUT2D eigenvalue weighted by atomic mass is 16.3. The first kappa shape index (κ1) is 32.5. The molecular weight excluding hydrogens is 705 g/mol. The zero-order valence-corrected chi connectivity index (χ0v) is 31.4. The zero-order chi connectivity index (χ0) is 38.2. The fourth-order valence-electron chi connectivity index (χ4n) is 9.14. The molecule has 3 aromatic heterocycles. The third kappa shape index (κ3) is 5.04. The van der Waals surface area contributed by atoms with E-state index < -0.39 is 0 Å². The Hall–Kier alpha value is -7.75. The summed E-state index contributed by atoms with van der Waals surface area (Å²) < 4.78 is 8.98. The van der Waals surface area contributed by atoms with Gasteiger partial charge in [0.2, 0.25) is 0 Å². The number of fused-ring (bicyclic) bond motifs is 9. The van der Waals surface area contributed by atoms with E-state index in [1.807, 2.05) is 6.07 Å². The highest BCUT2D eigenvalue weighted by molar-refractivity contribution is 6.27. The van der Waals surface area contributed by atoms with E-state index in [2.05, 4.69) is 205 Å². The predicted molar refractivity (Wildman–Crippen MR) is 243 cm³/mol. The van der Waals surface area contributed by atoms with Gasteiger partial charge in [-0.1, -0.05) is 158 Å². The monoisotopic (exact) mass is 738 g/mol. The lowest BCUT2D eigenvalue weighted by Gasteiger charge is -2.16. The maximum atomic E-state index is 6.61. The van der Waals surface area contributed by atoms with E-state index in [1.54, 1.807) is 0 Å². The normalized spacial score (nSPS) is 11.8. The molecule has 0 radical (unpaired) electrons. The molecule has 0 atom stereocenters. The first-order chi connectivity index (χ1) is 28.8. The van der Waals surface area contributed by atoms with Crippen molar-refractivity contribution in [3.05, 3.63) is 206 Å². The Morgan fingerprint density at radius 1 is 0.345 bits per heavy atom. The van der Waals surface area contributed by atoms with Gasteiger partial charge in [-0.3, -0.25) is 0 Å². The number of para-hydroxylation sites is 4. The van der Waals surface area contributed by atoms with Crippen LogP contribution in [0.15, 0.2) is 211 Å². The second-order valence-electron chi connectivity index (χ2n) is 15.1. The third-order valence-corrected chi connectivity index (χ3v) is 11.8. The molecule has 9 aromatic carbocycles. The molecule has 0 amide bonds. The van der Waals surface area contributed by atoms with Gasteiger partial charge in [0.05, 0.1) is 22.2 Å². The number of aromatic nitrogens is 2. The van der Waals surface area contributed by atoms with Crippen LogP contribution < -0.4 is 0 Å². The molecule has 0 fully saturated rings. The Kier molecular flexibility index (Phi) is 7.23. The average Bonchev–Trinajstić information content (AvgIpc) is 3.84. The van der Waals surface area contributed by atoms with Gasteiger partial charge in [0.1, 0.15) is 11.2 Å². The summed E-state index contributed by atoms with van der Waals surface area (Å²) in [5.41, 5.74) is 15.3. The Morgan fingerprint density at radius 2 is 0.948 bits per heavy atom. The fraction of sp³-hybridized carbons (Fsp3) is 0. The van der Waals surface area contributed by atoms with Crippen LogP contribution in [0.2, 0.25) is 0 Å². The molecule has 270 valence electrons. The smallest absolute Gasteiger partial charge is 0.136 e. The van der Waals surface area contributed by atoms with Crippen LogP contribution >= 0.6 is 0 Å². The largest absolute Gasteiger partial charge is 0.456 e. The topological polar surface area (TPSA) is 31.0 Å². The highest BCUT2D eigenvalue weighted by Gasteiger charge is 2.22. The number of pyridine rings is 1. The van der Waals surface area contributed by atoms with E-state index in [0.29, 0.717) is 0 Å². The summed E-state index contributed by atoms with van der Waals surface area (Å²) in [6.45, 7) is 0. The standard InChI is InChI=1S/C55H34N2O/c1-3-14-37(15-4-1)52-53-44-21-7-10-23-47(44)56-55(46(53)34-51-54(52)45-22-9-12-25-50(45)58-51)40-17-13-16-38(32-40)35-26-28-36(29-27-35)39-30-31-43-42-20-8-11-24-48(42)57(49(43)33-39)41-18-5-2-6-19-41/h1-34H. The number of rotatable bonds is 5. The lowest BCUT2D eigenvalue weighted by Crippen LogP contribution is -1.93. The van der Waals surface area contributed by atoms with Crippen LogP contribution in [0.4, 0.5) is 0 Å². The van der Waals surface area contributed by atoms with Crippen molar-refractivity contribution in [2.75, 3.05) is 0 Å². The van der Waals surface area contributed by atoms with Crippen LogP contribution in [0.5, 0.6) is 0 Å². The summed E-state index contributed by atoms with van der Waals surface area (Å²) in [5, 5.41) is 8.14. The van der Waals surface area contributed by atoms with Gasteiger partial charge in [0.25, 0.3) is 0 Å². The molecule has 3 heterocycles. The first-order valence-electron chi connectivity index (χ1n) is 19.8. The summed E-state index contributed by atoms with van der Waals surface area (Å²) in [4.78, 5) is 5.38. The molecule has 0 unspecified atom stereocenters. The third-order valence-electron chi connectivity index (χ3n) is 11.8. The summed E-state index contributed by atoms with van der Waals surface area (Å²) in [5.74, 6) is 0. The summed E-state index contributed by atoms with van der Waals surface area (Å²) in [6, 6.07) is 73.7. The van der Waals surface area contributed by atoms with Gasteiger partial charge in [-0.2, -0.15) is 0 Å². The van der Waals surface area contributed by atoms with Crippen molar-refractivity contribution in [1.82, 2.24) is 9.55 Å². The maximum Gasteiger partial charge on any atom is 0.136 e. The van der Waals surface area contributed by atoms with Crippen LogP contribution in [-0.4, -0.2) is 9.55 Å². The van der Waals surface area contributed by atoms with Crippen LogP contribution in [0.25, 0.3) is 116 Å². The minimum absolute atomic E-state index is 0.861. The second-order valence-corrected chi connectivity index (χ2v) is 15.1. The summed E-state index contributed by atoms with van der Waals surface area (Å²) in [7, 11) is 0. The molecule has 0 spiro atoms. The molecule has 12 rings (SSSR count). The van der Waals surface area contributed by atoms with Crippen molar-refractivity contribution >= 4 is 65.4 Å². The van der Waals surface area contributed by atoms with Gasteiger partial charge in [-0.05, 0) is 76.3 Å². The van der Waals surface area contributed by atoms with Crippen molar-refractivity contribution in [3.8, 4) is 50.3 Å². The molecule has 0 saturated heterocycles. The van der Waals surface area contributed by atoms with Gasteiger partial charge in [-0.15, -0.1) is 0 Å². The minimum atomic E-state index is 0.861. The predicted octanol–water partition coefficient (Wildman–Crippen LogP) is 15.1. The van der Waals surface area contributed by atoms with Gasteiger partial charge in [-0.25, -0.2) is 4.98 Å². The number of furan rings is 1. The SMILES string of the molecule is c1ccc(-c2c3c(cc4c(-c5cccc(-c6ccc(-c7ccc8c9ccccc9n(-c9ccccc9)c8c7)cc6)c5)nc5ccccc5c24)oc2ccccc23)cc1. The quantitative estimate of drug-likeness (QED) is 0.165. The van der Waals surface area contributed by atoms with Crippen LogP contribution in [0, 0.1) is 0 Å². The molecular formula is C55H34N2O. The molecule has 0 N–H and O–H groups in total. The van der Waals surface area contributed by atoms with E-state index in [-0.39, 0.29) is 0 Å². The number of benzene rings is 9. The van der Waals surface area contributed by atoms with Crippen LogP contribution in [0.3, 0.4) is 0 Å². The van der Waals surface area contributed by atoms with E-state index in [4.69, 9.17) is 9.40 Å². The van der Waals surface area contributed by atoms with Crippen molar-refractivity contribution in [2.24, 2.45) is 0 Å². The lowest BCUT2D eigenvalue weighted by atomic mass is 9.89. The average molecular weight is 739 g/mol. The van der Waals surface area contributed by atoms with E-state index in [1.165, 1.54) is 43.9 Å². The molecule has 3 nitrogen and oxygen atoms in total. The minimum Gasteiger partial charge on any atom is -0.456 e. The van der Waals surface area contributed by atoms with Gasteiger partial charge < -0.3 is 8.98 Å². The summed E-state index contributed by atoms with van der Waals surface area (Å²) in [6.07, 6.45) is 0. The summed E-state index contributed by atoms with van der Waals surface area (Å²) >= 11 is 0. The second kappa shape index (κ2) is 12.9. The Balaban J connectivity index is 1.00. The fourth-order valence-corrected chi connectivity index (χ4v) is 9.14. The molecule has 0 bridgehead atoms. The molecule has 12 aromatic rings. The van der Waals surface area contributed by atoms with Crippen molar-refractivity contribution in [2.45, 2.75) is 0 Å². The van der Waals surface area contributed by atoms with Crippen molar-refractivity contribution < 1.29 is 4.42 Å². The van der Waals surface area contributed by atoms with Crippen LogP contribution in [0.1, 0.15) is 0 Å². The zero-order valence-electron chi connectivity index (χ0n) is 31.4. The Labute approximate surface area is 334 Å². The molecule has 58 heavy (non-hydrogen) atoms. The Bertz CT molecular complexity index is 3540. The van der Waals surface area contributed by atoms with E-state index in [9.17, 15) is 0 Å². The number of hydrogen-bond acceptors (Lipinski definition) is 2. The molecule has 0 aliphatic heterocycles. The number of nitrogens with zero attached hydrogens (tertiary/aromatic N) is 2. The van der Waals surface area contributed by atoms with E-state index >= 15 is 0 Å². The lowest BCUT2D eigenvalue weighted by molar-refractivity contribution is 0.669. The molecule has 3 heteroatoms. The number of hydrogen-bond donors (Lipinski definition) is 0. The van der Waals surface area contributed by atoms with Gasteiger partial charge >= 0.3 is 0 Å².